The largest absolute Gasteiger partial charge is 0.480 e. The highest BCUT2D eigenvalue weighted by atomic mass is 16.4. The summed E-state index contributed by atoms with van der Waals surface area (Å²) in [6.07, 6.45) is 0.348. The number of hydrogen-bond donors (Lipinski definition) is 2. The Labute approximate surface area is 106 Å². The van der Waals surface area contributed by atoms with Crippen molar-refractivity contribution in [3.63, 3.8) is 0 Å². The number of carbonyl (C=O) groups is 2. The number of aliphatic carboxylic acids is 1. The highest BCUT2D eigenvalue weighted by Crippen LogP contribution is 2.13. The quantitative estimate of drug-likeness (QED) is 0.823. The van der Waals surface area contributed by atoms with Gasteiger partial charge in [0.25, 0.3) is 5.91 Å². The minimum atomic E-state index is -1.02. The maximum absolute atomic E-state index is 12.1. The zero-order valence-corrected chi connectivity index (χ0v) is 11.1. The molecule has 0 bridgehead atoms. The summed E-state index contributed by atoms with van der Waals surface area (Å²) in [7, 11) is 0. The number of rotatable bonds is 5. The lowest BCUT2D eigenvalue weighted by molar-refractivity contribution is -0.139. The van der Waals surface area contributed by atoms with E-state index in [9.17, 15) is 9.59 Å². The number of carbonyl (C=O) groups excluding carboxylic acids is 1. The van der Waals surface area contributed by atoms with Crippen molar-refractivity contribution in [1.29, 1.82) is 0 Å². The molecule has 0 fully saturated rings. The molecular weight excluding hydrogens is 234 g/mol. The Bertz CT molecular complexity index is 465. The third-order valence-electron chi connectivity index (χ3n) is 2.92. The van der Waals surface area contributed by atoms with E-state index in [1.165, 1.54) is 0 Å². The van der Waals surface area contributed by atoms with Crippen LogP contribution in [0, 0.1) is 13.8 Å². The van der Waals surface area contributed by atoms with Gasteiger partial charge in [0.15, 0.2) is 0 Å². The molecule has 18 heavy (non-hydrogen) atoms. The molecule has 0 saturated carbocycles. The van der Waals surface area contributed by atoms with Gasteiger partial charge in [-0.3, -0.25) is 9.48 Å². The summed E-state index contributed by atoms with van der Waals surface area (Å²) in [5, 5.41) is 15.7. The molecule has 0 spiro atoms. The molecule has 6 nitrogen and oxygen atoms in total. The van der Waals surface area contributed by atoms with E-state index in [4.69, 9.17) is 5.11 Å². The minimum Gasteiger partial charge on any atom is -0.480 e. The second-order valence-corrected chi connectivity index (χ2v) is 4.13. The van der Waals surface area contributed by atoms with Crippen molar-refractivity contribution in [2.75, 3.05) is 0 Å². The maximum atomic E-state index is 12.1. The van der Waals surface area contributed by atoms with Gasteiger partial charge in [-0.1, -0.05) is 6.92 Å². The van der Waals surface area contributed by atoms with Crippen LogP contribution in [0.2, 0.25) is 0 Å². The first kappa shape index (κ1) is 14.2. The van der Waals surface area contributed by atoms with Gasteiger partial charge in [0.05, 0.1) is 11.3 Å². The molecule has 2 N–H and O–H groups in total. The Balaban J connectivity index is 2.97. The van der Waals surface area contributed by atoms with E-state index in [0.29, 0.717) is 24.2 Å². The predicted octanol–water partition coefficient (Wildman–Crippen LogP) is 1.11. The molecule has 100 valence electrons. The van der Waals surface area contributed by atoms with Crippen LogP contribution in [-0.2, 0) is 11.3 Å². The van der Waals surface area contributed by atoms with Gasteiger partial charge in [-0.2, -0.15) is 5.10 Å². The van der Waals surface area contributed by atoms with Crippen LogP contribution in [0.5, 0.6) is 0 Å². The number of nitrogens with one attached hydrogen (secondary N) is 1. The summed E-state index contributed by atoms with van der Waals surface area (Å²) >= 11 is 0. The lowest BCUT2D eigenvalue weighted by atomic mass is 10.1. The Morgan fingerprint density at radius 3 is 2.39 bits per heavy atom. The van der Waals surface area contributed by atoms with Gasteiger partial charge in [0.1, 0.15) is 6.04 Å². The van der Waals surface area contributed by atoms with Crippen LogP contribution in [-0.4, -0.2) is 32.8 Å². The number of carboxylic acid groups (broad SMARTS) is 1. The minimum absolute atomic E-state index is 0.348. The summed E-state index contributed by atoms with van der Waals surface area (Å²) in [5.41, 5.74) is 1.84. The molecule has 0 radical (unpaired) electrons. The highest BCUT2D eigenvalue weighted by molar-refractivity contribution is 5.98. The molecule has 0 aromatic carbocycles. The number of aromatic nitrogens is 2. The standard InChI is InChI=1S/C12H19N3O3/c1-5-9(12(17)18)13-11(16)10-7(3)14-15(6-2)8(10)4/h9H,5-6H2,1-4H3,(H,13,16)(H,17,18). The van der Waals surface area contributed by atoms with E-state index in [1.54, 1.807) is 25.5 Å². The monoisotopic (exact) mass is 253 g/mol. The van der Waals surface area contributed by atoms with E-state index in [2.05, 4.69) is 10.4 Å². The normalized spacial score (nSPS) is 12.2. The van der Waals surface area contributed by atoms with Crippen molar-refractivity contribution >= 4 is 11.9 Å². The van der Waals surface area contributed by atoms with Crippen LogP contribution in [0.3, 0.4) is 0 Å². The molecular formula is C12H19N3O3. The molecule has 0 aliphatic heterocycles. The zero-order chi connectivity index (χ0) is 13.9. The van der Waals surface area contributed by atoms with Crippen LogP contribution in [0.25, 0.3) is 0 Å². The first-order chi connectivity index (χ1) is 8.42. The third-order valence-corrected chi connectivity index (χ3v) is 2.92. The summed E-state index contributed by atoms with van der Waals surface area (Å²) in [6, 6.07) is -0.860. The molecule has 0 aliphatic rings. The van der Waals surface area contributed by atoms with Crippen LogP contribution in [0.4, 0.5) is 0 Å². The first-order valence-electron chi connectivity index (χ1n) is 6.00. The second-order valence-electron chi connectivity index (χ2n) is 4.13. The Hall–Kier alpha value is -1.85. The van der Waals surface area contributed by atoms with Crippen molar-refractivity contribution in [3.8, 4) is 0 Å². The first-order valence-corrected chi connectivity index (χ1v) is 6.00. The van der Waals surface area contributed by atoms with E-state index in [0.717, 1.165) is 5.69 Å². The van der Waals surface area contributed by atoms with Crippen LogP contribution < -0.4 is 5.32 Å². The Morgan fingerprint density at radius 2 is 2.00 bits per heavy atom. The molecule has 1 atom stereocenters. The fraction of sp³-hybridized carbons (Fsp3) is 0.583. The van der Waals surface area contributed by atoms with Crippen molar-refractivity contribution in [2.24, 2.45) is 0 Å². The summed E-state index contributed by atoms with van der Waals surface area (Å²) in [5.74, 6) is -1.40. The summed E-state index contributed by atoms with van der Waals surface area (Å²) in [4.78, 5) is 23.0. The van der Waals surface area contributed by atoms with Crippen molar-refractivity contribution in [3.05, 3.63) is 17.0 Å². The van der Waals surface area contributed by atoms with Gasteiger partial charge in [-0.15, -0.1) is 0 Å². The summed E-state index contributed by atoms with van der Waals surface area (Å²) < 4.78 is 1.73. The summed E-state index contributed by atoms with van der Waals surface area (Å²) in [6.45, 7) is 7.88. The van der Waals surface area contributed by atoms with Crippen molar-refractivity contribution < 1.29 is 14.7 Å². The van der Waals surface area contributed by atoms with E-state index in [1.807, 2.05) is 6.92 Å². The van der Waals surface area contributed by atoms with Crippen molar-refractivity contribution in [2.45, 2.75) is 46.7 Å². The van der Waals surface area contributed by atoms with Gasteiger partial charge in [0.2, 0.25) is 0 Å². The maximum Gasteiger partial charge on any atom is 0.326 e. The molecule has 6 heteroatoms. The van der Waals surface area contributed by atoms with Crippen LogP contribution in [0.1, 0.15) is 42.0 Å². The van der Waals surface area contributed by atoms with Crippen LogP contribution in [0.15, 0.2) is 0 Å². The number of carboxylic acids is 1. The Kier molecular flexibility index (Phi) is 4.47. The molecule has 1 rings (SSSR count). The van der Waals surface area contributed by atoms with E-state index < -0.39 is 12.0 Å². The van der Waals surface area contributed by atoms with Gasteiger partial charge < -0.3 is 10.4 Å². The average molecular weight is 253 g/mol. The van der Waals surface area contributed by atoms with Gasteiger partial charge in [-0.05, 0) is 27.2 Å². The number of hydrogen-bond acceptors (Lipinski definition) is 3. The fourth-order valence-corrected chi connectivity index (χ4v) is 1.90. The average Bonchev–Trinajstić information content (AvgIpc) is 2.60. The fourth-order valence-electron chi connectivity index (χ4n) is 1.90. The number of nitrogens with zero attached hydrogens (tertiary/aromatic N) is 2. The SMILES string of the molecule is CCC(NC(=O)c1c(C)nn(CC)c1C)C(=O)O. The molecule has 0 aliphatic carbocycles. The Morgan fingerprint density at radius 1 is 1.39 bits per heavy atom. The van der Waals surface area contributed by atoms with Crippen LogP contribution >= 0.6 is 0 Å². The smallest absolute Gasteiger partial charge is 0.326 e. The van der Waals surface area contributed by atoms with Gasteiger partial charge >= 0.3 is 5.97 Å². The number of amides is 1. The number of aryl methyl sites for hydroxylation is 2. The second kappa shape index (κ2) is 5.66. The lowest BCUT2D eigenvalue weighted by Gasteiger charge is -2.12. The van der Waals surface area contributed by atoms with Gasteiger partial charge in [-0.25, -0.2) is 4.79 Å². The predicted molar refractivity (Wildman–Crippen MR) is 66.6 cm³/mol. The topological polar surface area (TPSA) is 84.2 Å². The lowest BCUT2D eigenvalue weighted by Crippen LogP contribution is -2.40. The molecule has 1 unspecified atom stereocenters. The molecule has 1 aromatic rings. The zero-order valence-electron chi connectivity index (χ0n) is 11.1. The highest BCUT2D eigenvalue weighted by Gasteiger charge is 2.23. The third kappa shape index (κ3) is 2.69. The van der Waals surface area contributed by atoms with E-state index >= 15 is 0 Å². The van der Waals surface area contributed by atoms with Gasteiger partial charge in [0, 0.05) is 12.2 Å². The molecule has 1 aromatic heterocycles. The van der Waals surface area contributed by atoms with Crippen molar-refractivity contribution in [1.82, 2.24) is 15.1 Å². The molecule has 1 heterocycles. The molecule has 0 saturated heterocycles. The van der Waals surface area contributed by atoms with E-state index in [-0.39, 0.29) is 5.91 Å². The molecule has 1 amide bonds.